The van der Waals surface area contributed by atoms with E-state index in [4.69, 9.17) is 47.4 Å². The van der Waals surface area contributed by atoms with Gasteiger partial charge in [-0.3, -0.25) is 4.79 Å². The van der Waals surface area contributed by atoms with Crippen LogP contribution in [0.2, 0.25) is 0 Å². The maximum atomic E-state index is 14.6. The van der Waals surface area contributed by atoms with Gasteiger partial charge >= 0.3 is 41.8 Å². The molecule has 1 N–H and O–H groups in total. The third-order valence-electron chi connectivity index (χ3n) is 13.0. The van der Waals surface area contributed by atoms with Gasteiger partial charge in [0.1, 0.15) is 38.1 Å². The van der Waals surface area contributed by atoms with Crippen molar-refractivity contribution >= 4 is 47.7 Å². The van der Waals surface area contributed by atoms with Crippen molar-refractivity contribution in [2.75, 3.05) is 19.8 Å². The number of rotatable bonds is 20. The van der Waals surface area contributed by atoms with Crippen LogP contribution >= 0.6 is 0 Å². The number of carbonyl (C=O) groups is 8. The summed E-state index contributed by atoms with van der Waals surface area (Å²) in [5, 5.41) is 2.70. The van der Waals surface area contributed by atoms with Gasteiger partial charge in [0.25, 0.3) is 0 Å². The molecule has 7 aromatic rings. The van der Waals surface area contributed by atoms with Crippen molar-refractivity contribution in [1.29, 1.82) is 0 Å². The van der Waals surface area contributed by atoms with Crippen molar-refractivity contribution < 1.29 is 85.7 Å². The fraction of sp³-hybridized carbons (Fsp3) is 0.206. The molecule has 9 atom stereocenters. The summed E-state index contributed by atoms with van der Waals surface area (Å²) in [6.45, 7) is -1.44. The highest BCUT2D eigenvalue weighted by molar-refractivity contribution is 5.93. The Labute approximate surface area is 469 Å². The first-order chi connectivity index (χ1) is 39.9. The van der Waals surface area contributed by atoms with Crippen LogP contribution < -0.4 is 5.32 Å². The van der Waals surface area contributed by atoms with E-state index in [2.05, 4.69) is 5.32 Å². The topological polar surface area (TPSA) is 241 Å². The van der Waals surface area contributed by atoms with E-state index in [1.165, 1.54) is 84.9 Å². The Kier molecular flexibility index (Phi) is 18.7. The summed E-state index contributed by atoms with van der Waals surface area (Å²) >= 11 is 0. The van der Waals surface area contributed by atoms with Gasteiger partial charge in [0, 0.05) is 6.92 Å². The molecule has 0 bridgehead atoms. The number of nitrogens with one attached hydrogen (secondary N) is 1. The lowest BCUT2D eigenvalue weighted by molar-refractivity contribution is -0.366. The highest BCUT2D eigenvalue weighted by Gasteiger charge is 2.65. The van der Waals surface area contributed by atoms with Crippen LogP contribution in [0.1, 0.15) is 79.4 Å². The van der Waals surface area contributed by atoms with Crippen LogP contribution in [0.25, 0.3) is 0 Å². The second-order valence-corrected chi connectivity index (χ2v) is 18.6. The first-order valence-electron chi connectivity index (χ1n) is 25.8. The zero-order valence-electron chi connectivity index (χ0n) is 43.8. The summed E-state index contributed by atoms with van der Waals surface area (Å²) in [7, 11) is 0. The first-order valence-corrected chi connectivity index (χ1v) is 25.8. The Morgan fingerprint density at radius 2 is 0.707 bits per heavy atom. The Bertz CT molecular complexity index is 3320. The molecule has 19 nitrogen and oxygen atoms in total. The summed E-state index contributed by atoms with van der Waals surface area (Å²) in [5.41, 5.74) is 0.335. The van der Waals surface area contributed by atoms with Crippen molar-refractivity contribution in [1.82, 2.24) is 5.32 Å². The van der Waals surface area contributed by atoms with E-state index in [0.717, 1.165) is 6.92 Å². The van der Waals surface area contributed by atoms with Crippen LogP contribution in [0.5, 0.6) is 0 Å². The van der Waals surface area contributed by atoms with E-state index < -0.39 is 122 Å². The Hall–Kier alpha value is -9.82. The van der Waals surface area contributed by atoms with Crippen LogP contribution in [0.3, 0.4) is 0 Å². The van der Waals surface area contributed by atoms with Crippen LogP contribution in [-0.2, 0) is 52.2 Å². The summed E-state index contributed by atoms with van der Waals surface area (Å²) in [4.78, 5) is 113. The van der Waals surface area contributed by atoms with Crippen molar-refractivity contribution in [2.45, 2.75) is 61.7 Å². The minimum atomic E-state index is -2.77. The summed E-state index contributed by atoms with van der Waals surface area (Å²) < 4.78 is 63.2. The van der Waals surface area contributed by atoms with Crippen molar-refractivity contribution in [2.24, 2.45) is 0 Å². The number of hydrogen-bond acceptors (Lipinski definition) is 18. The molecule has 418 valence electrons. The van der Waals surface area contributed by atoms with Crippen LogP contribution in [0.15, 0.2) is 212 Å². The van der Waals surface area contributed by atoms with E-state index in [0.29, 0.717) is 0 Å². The maximum Gasteiger partial charge on any atom is 0.338 e. The van der Waals surface area contributed by atoms with Crippen molar-refractivity contribution in [3.63, 3.8) is 0 Å². The largest absolute Gasteiger partial charge is 0.459 e. The SMILES string of the molecule is CC(=O)N[C@H]1[C@@H](O[C@]2(COC(=O)c3ccccc3)O[C@H](COC(=O)c3ccccc3)[C@@H](OC(=O)c3ccccc3)[C@@H]2OC(=O)c2ccccc2)O[C@H](COC(=O)c2ccccc2)[C@@H](OC(=O)c2ccccc2)[C@@H]1OC(=O)c1ccccc1. The number of benzene rings is 7. The predicted molar refractivity (Wildman–Crippen MR) is 288 cm³/mol. The molecular weight excluding hydrogens is 1060 g/mol. The van der Waals surface area contributed by atoms with Gasteiger partial charge in [-0.25, -0.2) is 33.6 Å². The lowest BCUT2D eigenvalue weighted by Crippen LogP contribution is -2.69. The standard InChI is InChI=1S/C63H53NO18/c1-40(65)64-50-53(79-60(71)46-33-19-7-20-34-46)51(77-58(69)44-29-15-5-16-30-44)48(37-73-55(66)41-23-9-2-10-24-41)76-62(50)82-63(39-75-57(68)43-27-13-4-14-28-43)54(80-61(72)47-35-21-8-22-36-47)52(78-59(70)45-31-17-6-18-32-45)49(81-63)38-74-56(67)42-25-11-3-12-26-42/h2-36,48-54,62H,37-39H2,1H3,(H,64,65)/t48-,49-,50-,51-,52-,53-,54+,62-,63+/m1/s1. The van der Waals surface area contributed by atoms with Crippen molar-refractivity contribution in [3.05, 3.63) is 251 Å². The van der Waals surface area contributed by atoms with Gasteiger partial charge in [-0.05, 0) is 84.9 Å². The minimum Gasteiger partial charge on any atom is -0.459 e. The molecule has 0 unspecified atom stereocenters. The van der Waals surface area contributed by atoms with Gasteiger partial charge in [-0.2, -0.15) is 0 Å². The predicted octanol–water partition coefficient (Wildman–Crippen LogP) is 7.80. The summed E-state index contributed by atoms with van der Waals surface area (Å²) in [5.74, 6) is -10.2. The number of amides is 1. The van der Waals surface area contributed by atoms with Crippen LogP contribution in [-0.4, -0.2) is 122 Å². The van der Waals surface area contributed by atoms with Gasteiger partial charge in [0.05, 0.1) is 38.9 Å². The monoisotopic (exact) mass is 1110 g/mol. The molecule has 2 heterocycles. The molecule has 2 aliphatic rings. The molecule has 0 aromatic heterocycles. The molecule has 19 heteroatoms. The van der Waals surface area contributed by atoms with Crippen LogP contribution in [0.4, 0.5) is 0 Å². The molecule has 0 aliphatic carbocycles. The number of carbonyl (C=O) groups excluding carboxylic acids is 8. The van der Waals surface area contributed by atoms with Gasteiger partial charge in [0.15, 0.2) is 30.7 Å². The van der Waals surface area contributed by atoms with E-state index in [9.17, 15) is 38.4 Å². The molecule has 2 aliphatic heterocycles. The lowest BCUT2D eigenvalue weighted by atomic mass is 9.95. The molecule has 2 fully saturated rings. The Morgan fingerprint density at radius 1 is 0.390 bits per heavy atom. The molecule has 0 spiro atoms. The molecular formula is C63H53NO18. The van der Waals surface area contributed by atoms with Crippen molar-refractivity contribution in [3.8, 4) is 0 Å². The smallest absolute Gasteiger partial charge is 0.338 e. The fourth-order valence-corrected chi connectivity index (χ4v) is 9.02. The third-order valence-corrected chi connectivity index (χ3v) is 13.0. The lowest BCUT2D eigenvalue weighted by Gasteiger charge is -2.47. The zero-order valence-corrected chi connectivity index (χ0v) is 43.8. The first kappa shape index (κ1) is 56.9. The van der Waals surface area contributed by atoms with E-state index in [1.54, 1.807) is 127 Å². The number of ether oxygens (including phenoxy) is 10. The molecule has 0 saturated carbocycles. The Balaban J connectivity index is 1.21. The van der Waals surface area contributed by atoms with E-state index in [-0.39, 0.29) is 38.9 Å². The fourth-order valence-electron chi connectivity index (χ4n) is 9.02. The average Bonchev–Trinajstić information content (AvgIpc) is 4.05. The molecule has 1 amide bonds. The second-order valence-electron chi connectivity index (χ2n) is 18.6. The van der Waals surface area contributed by atoms with Gasteiger partial charge in [0.2, 0.25) is 11.7 Å². The third kappa shape index (κ3) is 14.1. The zero-order chi connectivity index (χ0) is 57.4. The van der Waals surface area contributed by atoms with E-state index in [1.807, 2.05) is 0 Å². The normalized spacial score (nSPS) is 21.8. The molecule has 9 rings (SSSR count). The molecule has 2 saturated heterocycles. The summed E-state index contributed by atoms with van der Waals surface area (Å²) in [6.07, 6.45) is -12.9. The van der Waals surface area contributed by atoms with E-state index >= 15 is 0 Å². The highest BCUT2D eigenvalue weighted by atomic mass is 16.8. The molecule has 82 heavy (non-hydrogen) atoms. The Morgan fingerprint density at radius 3 is 1.09 bits per heavy atom. The molecule has 0 radical (unpaired) electrons. The average molecular weight is 1110 g/mol. The second kappa shape index (κ2) is 26.9. The maximum absolute atomic E-state index is 14.6. The van der Waals surface area contributed by atoms with Crippen LogP contribution in [0, 0.1) is 0 Å². The van der Waals surface area contributed by atoms with Gasteiger partial charge < -0.3 is 52.7 Å². The molecule has 7 aromatic carbocycles. The number of esters is 7. The highest BCUT2D eigenvalue weighted by Crippen LogP contribution is 2.42. The number of hydrogen-bond donors (Lipinski definition) is 1. The van der Waals surface area contributed by atoms with Gasteiger partial charge in [-0.15, -0.1) is 0 Å². The minimum absolute atomic E-state index is 0.0144. The summed E-state index contributed by atoms with van der Waals surface area (Å²) in [6, 6.07) is 52.5. The van der Waals surface area contributed by atoms with Gasteiger partial charge in [-0.1, -0.05) is 127 Å². The quantitative estimate of drug-likeness (QED) is 0.0565.